The first-order chi connectivity index (χ1) is 15.4. The normalized spacial score (nSPS) is 66.0. The van der Waals surface area contributed by atoms with Gasteiger partial charge in [-0.05, 0) is 30.1 Å². The standard InChI is InChI=1S/C25H36O8/c1-7-5-10(26)8(2)12-14(7)25(4)15(18(12)28)13-16(20(30)22(25)31)24(3)9(17(27)19(13)29)6-11-21(33-11)23(24)32/h7-9,11-16,18-23,28-32H,5-6H2,1-4H3/t7-,8-,9-,11+,12+,13+,14+,15-,16-,18+,19-,20+,21+,22+,23+,24+,25-/m1/s1. The van der Waals surface area contributed by atoms with E-state index in [-0.39, 0.29) is 29.5 Å². The van der Waals surface area contributed by atoms with Crippen molar-refractivity contribution in [1.82, 2.24) is 0 Å². The number of fused-ring (bicyclic) bond motifs is 8. The van der Waals surface area contributed by atoms with E-state index in [1.165, 1.54) is 0 Å². The SMILES string of the molecule is C[C@@H]1CC(=O)[C@@H](C)[C@@H]2[C@H](O)[C@H]3[C@H]4[C@H]([C@H](O)[C@H](O)[C@]3(C)[C@H]21)[C@]1(C)[C@H](C[C@@H]2O[C@@H]2[C@@H]1O)C(=O)[C@@H]4O. The van der Waals surface area contributed by atoms with E-state index in [4.69, 9.17) is 4.74 Å². The summed E-state index contributed by atoms with van der Waals surface area (Å²) in [6.45, 7) is 7.37. The van der Waals surface area contributed by atoms with Gasteiger partial charge >= 0.3 is 0 Å². The van der Waals surface area contributed by atoms with Crippen molar-refractivity contribution in [3.8, 4) is 0 Å². The van der Waals surface area contributed by atoms with Crippen LogP contribution in [-0.2, 0) is 14.3 Å². The molecule has 0 bridgehead atoms. The lowest BCUT2D eigenvalue weighted by molar-refractivity contribution is -0.262. The number of ketones is 2. The molecule has 5 saturated carbocycles. The first kappa shape index (κ1) is 22.6. The summed E-state index contributed by atoms with van der Waals surface area (Å²) in [4.78, 5) is 26.2. The predicted molar refractivity (Wildman–Crippen MR) is 113 cm³/mol. The maximum atomic E-state index is 13.5. The first-order valence-corrected chi connectivity index (χ1v) is 12.5. The highest BCUT2D eigenvalue weighted by molar-refractivity contribution is 5.88. The average Bonchev–Trinajstić information content (AvgIpc) is 3.49. The highest BCUT2D eigenvalue weighted by Crippen LogP contribution is 2.71. The van der Waals surface area contributed by atoms with Gasteiger partial charge in [0.05, 0.1) is 30.5 Å². The van der Waals surface area contributed by atoms with E-state index in [2.05, 4.69) is 0 Å². The maximum Gasteiger partial charge on any atom is 0.165 e. The molecule has 0 aromatic carbocycles. The van der Waals surface area contributed by atoms with Gasteiger partial charge < -0.3 is 30.3 Å². The fourth-order valence-corrected chi connectivity index (χ4v) is 10.0. The molecule has 0 spiro atoms. The lowest BCUT2D eigenvalue weighted by Gasteiger charge is -2.64. The Hall–Kier alpha value is -0.900. The predicted octanol–water partition coefficient (Wildman–Crippen LogP) is -0.473. The Kier molecular flexibility index (Phi) is 4.54. The van der Waals surface area contributed by atoms with Gasteiger partial charge in [-0.2, -0.15) is 0 Å². The molecular weight excluding hydrogens is 428 g/mol. The lowest BCUT2D eigenvalue weighted by Crippen LogP contribution is -2.73. The number of aliphatic hydroxyl groups excluding tert-OH is 5. The zero-order chi connectivity index (χ0) is 23.9. The van der Waals surface area contributed by atoms with Gasteiger partial charge in [0.25, 0.3) is 0 Å². The van der Waals surface area contributed by atoms with Gasteiger partial charge in [0.2, 0.25) is 0 Å². The number of rotatable bonds is 0. The first-order valence-electron chi connectivity index (χ1n) is 12.5. The monoisotopic (exact) mass is 464 g/mol. The molecule has 0 aromatic rings. The van der Waals surface area contributed by atoms with Gasteiger partial charge in [-0.25, -0.2) is 0 Å². The van der Waals surface area contributed by atoms with Crippen molar-refractivity contribution in [3.63, 3.8) is 0 Å². The largest absolute Gasteiger partial charge is 0.392 e. The van der Waals surface area contributed by atoms with Crippen molar-refractivity contribution in [2.75, 3.05) is 0 Å². The van der Waals surface area contributed by atoms with Crippen molar-refractivity contribution in [3.05, 3.63) is 0 Å². The Labute approximate surface area is 193 Å². The van der Waals surface area contributed by atoms with Crippen LogP contribution >= 0.6 is 0 Å². The van der Waals surface area contributed by atoms with Crippen molar-refractivity contribution in [2.24, 2.45) is 58.2 Å². The van der Waals surface area contributed by atoms with Crippen LogP contribution in [0.2, 0.25) is 0 Å². The summed E-state index contributed by atoms with van der Waals surface area (Å²) in [5, 5.41) is 57.6. The van der Waals surface area contributed by atoms with Crippen LogP contribution in [0, 0.1) is 58.2 Å². The minimum atomic E-state index is -1.42. The molecule has 184 valence electrons. The molecule has 6 rings (SSSR count). The topological polar surface area (TPSA) is 148 Å². The third kappa shape index (κ3) is 2.38. The lowest BCUT2D eigenvalue weighted by atomic mass is 9.41. The smallest absolute Gasteiger partial charge is 0.165 e. The highest BCUT2D eigenvalue weighted by atomic mass is 16.6. The molecule has 6 fully saturated rings. The molecule has 0 amide bonds. The fraction of sp³-hybridized carbons (Fsp3) is 0.920. The van der Waals surface area contributed by atoms with E-state index < -0.39 is 83.0 Å². The van der Waals surface area contributed by atoms with Crippen LogP contribution in [0.3, 0.4) is 0 Å². The van der Waals surface area contributed by atoms with Crippen molar-refractivity contribution in [2.45, 2.75) is 83.3 Å². The number of aliphatic hydroxyl groups is 5. The van der Waals surface area contributed by atoms with Crippen molar-refractivity contribution < 1.29 is 39.9 Å². The Morgan fingerprint density at radius 1 is 0.848 bits per heavy atom. The van der Waals surface area contributed by atoms with Gasteiger partial charge in [-0.1, -0.05) is 27.7 Å². The van der Waals surface area contributed by atoms with E-state index in [9.17, 15) is 35.1 Å². The molecule has 6 aliphatic rings. The van der Waals surface area contributed by atoms with Gasteiger partial charge in [-0.3, -0.25) is 9.59 Å². The van der Waals surface area contributed by atoms with Crippen LogP contribution in [0.25, 0.3) is 0 Å². The summed E-state index contributed by atoms with van der Waals surface area (Å²) in [5.41, 5.74) is -2.08. The Bertz CT molecular complexity index is 907. The number of hydrogen-bond donors (Lipinski definition) is 5. The molecule has 0 unspecified atom stereocenters. The van der Waals surface area contributed by atoms with Gasteiger partial charge in [0.1, 0.15) is 18.0 Å². The Morgan fingerprint density at radius 2 is 1.48 bits per heavy atom. The molecule has 1 heterocycles. The molecule has 5 aliphatic carbocycles. The fourth-order valence-electron chi connectivity index (χ4n) is 10.0. The number of epoxide rings is 1. The van der Waals surface area contributed by atoms with Crippen LogP contribution in [0.4, 0.5) is 0 Å². The number of Topliss-reactive ketones (excluding diaryl/α,β-unsaturated/α-hetero) is 2. The summed E-state index contributed by atoms with van der Waals surface area (Å²) in [6, 6.07) is 0. The van der Waals surface area contributed by atoms with E-state index in [0.717, 1.165) is 0 Å². The molecule has 1 aliphatic heterocycles. The van der Waals surface area contributed by atoms with Crippen molar-refractivity contribution >= 4 is 11.6 Å². The van der Waals surface area contributed by atoms with Crippen LogP contribution in [0.15, 0.2) is 0 Å². The highest BCUT2D eigenvalue weighted by Gasteiger charge is 2.78. The molecule has 1 saturated heterocycles. The molecule has 33 heavy (non-hydrogen) atoms. The zero-order valence-electron chi connectivity index (χ0n) is 19.5. The average molecular weight is 465 g/mol. The van der Waals surface area contributed by atoms with Crippen LogP contribution < -0.4 is 0 Å². The summed E-state index contributed by atoms with van der Waals surface area (Å²) < 4.78 is 5.60. The van der Waals surface area contributed by atoms with Crippen LogP contribution in [-0.4, -0.2) is 79.8 Å². The van der Waals surface area contributed by atoms with Crippen LogP contribution in [0.5, 0.6) is 0 Å². The molecule has 0 aromatic heterocycles. The molecule has 0 radical (unpaired) electrons. The number of carbonyl (C=O) groups excluding carboxylic acids is 2. The third-order valence-corrected chi connectivity index (χ3v) is 11.5. The summed E-state index contributed by atoms with van der Waals surface area (Å²) >= 11 is 0. The van der Waals surface area contributed by atoms with Crippen LogP contribution in [0.1, 0.15) is 40.5 Å². The molecular formula is C25H36O8. The van der Waals surface area contributed by atoms with Gasteiger partial charge in [0, 0.05) is 40.9 Å². The van der Waals surface area contributed by atoms with Crippen molar-refractivity contribution in [1.29, 1.82) is 0 Å². The van der Waals surface area contributed by atoms with E-state index in [0.29, 0.717) is 12.8 Å². The molecule has 5 N–H and O–H groups in total. The van der Waals surface area contributed by atoms with Gasteiger partial charge in [0.15, 0.2) is 5.78 Å². The number of ether oxygens (including phenoxy) is 1. The van der Waals surface area contributed by atoms with Gasteiger partial charge in [-0.15, -0.1) is 0 Å². The minimum absolute atomic E-state index is 0.0727. The maximum absolute atomic E-state index is 13.5. The number of carbonyl (C=O) groups is 2. The molecule has 8 nitrogen and oxygen atoms in total. The van der Waals surface area contributed by atoms with E-state index >= 15 is 0 Å². The Balaban J connectivity index is 1.52. The van der Waals surface area contributed by atoms with E-state index in [1.807, 2.05) is 20.8 Å². The summed E-state index contributed by atoms with van der Waals surface area (Å²) in [7, 11) is 0. The third-order valence-electron chi connectivity index (χ3n) is 11.5. The quantitative estimate of drug-likeness (QED) is 0.302. The Morgan fingerprint density at radius 3 is 2.15 bits per heavy atom. The molecule has 8 heteroatoms. The number of hydrogen-bond acceptors (Lipinski definition) is 8. The van der Waals surface area contributed by atoms with E-state index in [1.54, 1.807) is 6.92 Å². The second-order valence-corrected chi connectivity index (χ2v) is 12.5. The summed E-state index contributed by atoms with van der Waals surface area (Å²) in [5.74, 6) is -4.49. The summed E-state index contributed by atoms with van der Waals surface area (Å²) in [6.07, 6.45) is -5.88. The minimum Gasteiger partial charge on any atom is -0.392 e. The second-order valence-electron chi connectivity index (χ2n) is 12.5. The molecule has 17 atom stereocenters. The second kappa shape index (κ2) is 6.65. The zero-order valence-corrected chi connectivity index (χ0v) is 19.5.